The van der Waals surface area contributed by atoms with Gasteiger partial charge in [-0.2, -0.15) is 4.98 Å². The molecule has 35 heavy (non-hydrogen) atoms. The molecule has 10 heteroatoms. The lowest BCUT2D eigenvalue weighted by Crippen LogP contribution is -2.37. The maximum atomic E-state index is 12.9. The standard InChI is InChI=1S/C25H32N4O5S/c1-2-34-24(31)18-7-3-4-9-20(18)26-22(30)17-35-23-19-8-5-10-21(19)29(25(32)27-23)12-6-11-28-13-15-33-16-14-28/h3-4,7,9H,2,5-6,8,10-17H2,1H3,(H,26,30). The number of morpholine rings is 1. The zero-order valence-corrected chi connectivity index (χ0v) is 20.9. The highest BCUT2D eigenvalue weighted by molar-refractivity contribution is 8.00. The summed E-state index contributed by atoms with van der Waals surface area (Å²) in [4.78, 5) is 44.4. The number of thioether (sulfide) groups is 1. The zero-order valence-electron chi connectivity index (χ0n) is 20.1. The maximum absolute atomic E-state index is 12.9. The number of aromatic nitrogens is 2. The molecule has 0 spiro atoms. The number of anilines is 1. The minimum Gasteiger partial charge on any atom is -0.462 e. The summed E-state index contributed by atoms with van der Waals surface area (Å²) in [5.74, 6) is -0.653. The predicted octanol–water partition coefficient (Wildman–Crippen LogP) is 2.36. The number of fused-ring (bicyclic) bond motifs is 1. The molecule has 0 unspecified atom stereocenters. The van der Waals surface area contributed by atoms with Crippen LogP contribution in [0.15, 0.2) is 34.1 Å². The van der Waals surface area contributed by atoms with Crippen LogP contribution in [0.5, 0.6) is 0 Å². The molecule has 9 nitrogen and oxygen atoms in total. The minimum atomic E-state index is -0.479. The van der Waals surface area contributed by atoms with Crippen LogP contribution < -0.4 is 11.0 Å². The number of benzene rings is 1. The van der Waals surface area contributed by atoms with Crippen LogP contribution in [0.3, 0.4) is 0 Å². The molecule has 2 heterocycles. The number of hydrogen-bond acceptors (Lipinski definition) is 8. The molecule has 0 bridgehead atoms. The average molecular weight is 501 g/mol. The fourth-order valence-electron chi connectivity index (χ4n) is 4.51. The molecule has 0 radical (unpaired) electrons. The Morgan fingerprint density at radius 3 is 2.77 bits per heavy atom. The Morgan fingerprint density at radius 2 is 1.97 bits per heavy atom. The van der Waals surface area contributed by atoms with Crippen molar-refractivity contribution in [2.45, 2.75) is 44.2 Å². The van der Waals surface area contributed by atoms with E-state index in [1.807, 2.05) is 4.57 Å². The second kappa shape index (κ2) is 12.3. The summed E-state index contributed by atoms with van der Waals surface area (Å²) in [6, 6.07) is 6.76. The number of ether oxygens (including phenoxy) is 2. The van der Waals surface area contributed by atoms with Crippen LogP contribution in [0, 0.1) is 0 Å². The second-order valence-electron chi connectivity index (χ2n) is 8.54. The normalized spacial score (nSPS) is 15.6. The van der Waals surface area contributed by atoms with Crippen LogP contribution >= 0.6 is 11.8 Å². The van der Waals surface area contributed by atoms with Crippen molar-refractivity contribution < 1.29 is 19.1 Å². The first-order valence-corrected chi connectivity index (χ1v) is 13.2. The number of nitrogens with one attached hydrogen (secondary N) is 1. The number of para-hydroxylation sites is 1. The molecule has 1 aliphatic carbocycles. The van der Waals surface area contributed by atoms with Gasteiger partial charge in [-0.1, -0.05) is 23.9 Å². The number of nitrogens with zero attached hydrogens (tertiary/aromatic N) is 3. The van der Waals surface area contributed by atoms with Gasteiger partial charge < -0.3 is 14.8 Å². The molecule has 2 aliphatic rings. The SMILES string of the molecule is CCOC(=O)c1ccccc1NC(=O)CSc1nc(=O)n(CCCN2CCOCC2)c2c1CCC2. The number of esters is 1. The minimum absolute atomic E-state index is 0.0943. The van der Waals surface area contributed by atoms with Crippen LogP contribution in [-0.4, -0.2) is 71.5 Å². The average Bonchev–Trinajstić information content (AvgIpc) is 3.35. The van der Waals surface area contributed by atoms with Gasteiger partial charge in [0.1, 0.15) is 5.03 Å². The van der Waals surface area contributed by atoms with E-state index >= 15 is 0 Å². The summed E-state index contributed by atoms with van der Waals surface area (Å²) in [6.45, 7) is 7.00. The van der Waals surface area contributed by atoms with Gasteiger partial charge in [0.2, 0.25) is 5.91 Å². The molecule has 1 aromatic heterocycles. The van der Waals surface area contributed by atoms with Gasteiger partial charge in [-0.15, -0.1) is 0 Å². The first-order valence-electron chi connectivity index (χ1n) is 12.2. The Morgan fingerprint density at radius 1 is 1.17 bits per heavy atom. The maximum Gasteiger partial charge on any atom is 0.348 e. The first-order chi connectivity index (χ1) is 17.1. The molecular weight excluding hydrogens is 468 g/mol. The lowest BCUT2D eigenvalue weighted by Gasteiger charge is -2.26. The van der Waals surface area contributed by atoms with Gasteiger partial charge in [0.15, 0.2) is 0 Å². The molecule has 1 aromatic carbocycles. The fourth-order valence-corrected chi connectivity index (χ4v) is 5.39. The Labute approximate surface area is 209 Å². The quantitative estimate of drug-likeness (QED) is 0.301. The van der Waals surface area contributed by atoms with Gasteiger partial charge in [-0.3, -0.25) is 14.3 Å². The highest BCUT2D eigenvalue weighted by Crippen LogP contribution is 2.29. The lowest BCUT2D eigenvalue weighted by molar-refractivity contribution is -0.113. The Balaban J connectivity index is 1.38. The van der Waals surface area contributed by atoms with Gasteiger partial charge >= 0.3 is 11.7 Å². The van der Waals surface area contributed by atoms with E-state index in [4.69, 9.17) is 9.47 Å². The van der Waals surface area contributed by atoms with E-state index in [9.17, 15) is 14.4 Å². The molecule has 1 N–H and O–H groups in total. The van der Waals surface area contributed by atoms with Gasteiger partial charge in [-0.25, -0.2) is 9.59 Å². The van der Waals surface area contributed by atoms with Gasteiger partial charge in [-0.05, 0) is 44.7 Å². The number of carbonyl (C=O) groups excluding carboxylic acids is 2. The van der Waals surface area contributed by atoms with E-state index in [0.29, 0.717) is 22.8 Å². The predicted molar refractivity (Wildman–Crippen MR) is 134 cm³/mol. The summed E-state index contributed by atoms with van der Waals surface area (Å²) in [5, 5.41) is 3.43. The van der Waals surface area contributed by atoms with Crippen LogP contribution in [0.25, 0.3) is 0 Å². The van der Waals surface area contributed by atoms with Crippen molar-refractivity contribution >= 4 is 29.3 Å². The fraction of sp³-hybridized carbons (Fsp3) is 0.520. The summed E-state index contributed by atoms with van der Waals surface area (Å²) in [5.41, 5.74) is 2.61. The van der Waals surface area contributed by atoms with Crippen molar-refractivity contribution in [1.29, 1.82) is 0 Å². The Bertz CT molecular complexity index is 1110. The van der Waals surface area contributed by atoms with Crippen LogP contribution in [0.1, 0.15) is 41.4 Å². The number of hydrogen-bond donors (Lipinski definition) is 1. The van der Waals surface area contributed by atoms with Crippen molar-refractivity contribution in [3.05, 3.63) is 51.6 Å². The third kappa shape index (κ3) is 6.50. The van der Waals surface area contributed by atoms with Gasteiger partial charge in [0.25, 0.3) is 0 Å². The highest BCUT2D eigenvalue weighted by atomic mass is 32.2. The van der Waals surface area contributed by atoms with Crippen molar-refractivity contribution in [2.24, 2.45) is 0 Å². The monoisotopic (exact) mass is 500 g/mol. The Hall–Kier alpha value is -2.69. The van der Waals surface area contributed by atoms with Crippen LogP contribution in [0.4, 0.5) is 5.69 Å². The summed E-state index contributed by atoms with van der Waals surface area (Å²) >= 11 is 1.27. The molecule has 188 valence electrons. The van der Waals surface area contributed by atoms with Crippen molar-refractivity contribution in [3.8, 4) is 0 Å². The van der Waals surface area contributed by atoms with Crippen molar-refractivity contribution in [2.75, 3.05) is 50.5 Å². The topological polar surface area (TPSA) is 103 Å². The molecular formula is C25H32N4O5S. The van der Waals surface area contributed by atoms with E-state index in [2.05, 4.69) is 15.2 Å². The molecule has 2 aromatic rings. The lowest BCUT2D eigenvalue weighted by atomic mass is 10.2. The van der Waals surface area contributed by atoms with E-state index in [-0.39, 0.29) is 24.0 Å². The van der Waals surface area contributed by atoms with E-state index in [1.165, 1.54) is 11.8 Å². The van der Waals surface area contributed by atoms with Gasteiger partial charge in [0, 0.05) is 37.4 Å². The summed E-state index contributed by atoms with van der Waals surface area (Å²) in [6.07, 6.45) is 3.60. The Kier molecular flexibility index (Phi) is 8.95. The molecule has 1 amide bonds. The number of rotatable bonds is 10. The van der Waals surface area contributed by atoms with E-state index in [1.54, 1.807) is 31.2 Å². The van der Waals surface area contributed by atoms with Crippen LogP contribution in [-0.2, 0) is 33.7 Å². The van der Waals surface area contributed by atoms with Crippen molar-refractivity contribution in [3.63, 3.8) is 0 Å². The number of carbonyl (C=O) groups is 2. The second-order valence-corrected chi connectivity index (χ2v) is 9.50. The molecule has 4 rings (SSSR count). The van der Waals surface area contributed by atoms with Crippen LogP contribution in [0.2, 0.25) is 0 Å². The third-order valence-electron chi connectivity index (χ3n) is 6.20. The third-order valence-corrected chi connectivity index (χ3v) is 7.21. The largest absolute Gasteiger partial charge is 0.462 e. The van der Waals surface area contributed by atoms with E-state index in [0.717, 1.165) is 69.8 Å². The summed E-state index contributed by atoms with van der Waals surface area (Å²) in [7, 11) is 0. The molecule has 0 atom stereocenters. The smallest absolute Gasteiger partial charge is 0.348 e. The number of amides is 1. The zero-order chi connectivity index (χ0) is 24.6. The molecule has 0 saturated carbocycles. The van der Waals surface area contributed by atoms with Gasteiger partial charge in [0.05, 0.1) is 36.8 Å². The molecule has 1 saturated heterocycles. The van der Waals surface area contributed by atoms with Crippen molar-refractivity contribution in [1.82, 2.24) is 14.5 Å². The highest BCUT2D eigenvalue weighted by Gasteiger charge is 2.23. The molecule has 1 aliphatic heterocycles. The summed E-state index contributed by atoms with van der Waals surface area (Å²) < 4.78 is 12.3. The molecule has 1 fully saturated rings. The first kappa shape index (κ1) is 25.4. The van der Waals surface area contributed by atoms with E-state index < -0.39 is 5.97 Å².